The van der Waals surface area contributed by atoms with Crippen molar-refractivity contribution in [3.05, 3.63) is 17.7 Å². The van der Waals surface area contributed by atoms with Crippen LogP contribution in [-0.2, 0) is 5.41 Å². The van der Waals surface area contributed by atoms with Crippen LogP contribution in [0.2, 0.25) is 0 Å². The number of nitrogens with zero attached hydrogens (tertiary/aromatic N) is 1. The zero-order valence-electron chi connectivity index (χ0n) is 9.87. The van der Waals surface area contributed by atoms with Gasteiger partial charge in [0.1, 0.15) is 16.9 Å². The lowest BCUT2D eigenvalue weighted by Crippen LogP contribution is -2.11. The van der Waals surface area contributed by atoms with Gasteiger partial charge in [0.05, 0.1) is 12.0 Å². The van der Waals surface area contributed by atoms with Gasteiger partial charge in [0.15, 0.2) is 0 Å². The predicted molar refractivity (Wildman–Crippen MR) is 64.8 cm³/mol. The second kappa shape index (κ2) is 4.67. The van der Waals surface area contributed by atoms with Gasteiger partial charge in [0.25, 0.3) is 0 Å². The average Bonchev–Trinajstić information content (AvgIpc) is 2.16. The summed E-state index contributed by atoms with van der Waals surface area (Å²) in [4.78, 5) is 0.635. The molecule has 0 saturated carbocycles. The van der Waals surface area contributed by atoms with Gasteiger partial charge in [0, 0.05) is 5.56 Å². The largest absolute Gasteiger partial charge is 0.508 e. The van der Waals surface area contributed by atoms with E-state index in [0.29, 0.717) is 10.6 Å². The van der Waals surface area contributed by atoms with Gasteiger partial charge in [-0.15, -0.1) is 0 Å². The van der Waals surface area contributed by atoms with E-state index < -0.39 is 0 Å². The molecule has 1 rings (SSSR count). The molecule has 0 aliphatic heterocycles. The van der Waals surface area contributed by atoms with E-state index in [9.17, 15) is 5.11 Å². The zero-order chi connectivity index (χ0) is 12.3. The Morgan fingerprint density at radius 3 is 2.44 bits per heavy atom. The van der Waals surface area contributed by atoms with Gasteiger partial charge in [-0.05, 0) is 29.3 Å². The topological polar surface area (TPSA) is 53.2 Å². The molecular formula is C12H15NO2S. The van der Waals surface area contributed by atoms with Crippen LogP contribution in [0.15, 0.2) is 17.0 Å². The molecule has 0 atom stereocenters. The second-order valence-corrected chi connectivity index (χ2v) is 5.29. The first-order valence-electron chi connectivity index (χ1n) is 4.87. The number of phenolic OH excluding ortho intramolecular Hbond substituents is 1. The van der Waals surface area contributed by atoms with E-state index >= 15 is 0 Å². The molecule has 0 fully saturated rings. The number of benzene rings is 1. The monoisotopic (exact) mass is 237 g/mol. The Hall–Kier alpha value is -1.34. The van der Waals surface area contributed by atoms with Gasteiger partial charge >= 0.3 is 0 Å². The number of rotatable bonds is 2. The number of phenols is 1. The summed E-state index contributed by atoms with van der Waals surface area (Å²) in [6, 6.07) is 3.36. The first-order chi connectivity index (χ1) is 7.40. The summed E-state index contributed by atoms with van der Waals surface area (Å²) in [5.41, 5.74) is 0.652. The Morgan fingerprint density at radius 2 is 2.00 bits per heavy atom. The lowest BCUT2D eigenvalue weighted by atomic mass is 9.86. The zero-order valence-corrected chi connectivity index (χ0v) is 10.7. The van der Waals surface area contributed by atoms with E-state index in [1.54, 1.807) is 19.2 Å². The third-order valence-corrected chi connectivity index (χ3v) is 2.88. The van der Waals surface area contributed by atoms with Crippen molar-refractivity contribution >= 4 is 11.8 Å². The molecule has 0 saturated heterocycles. The van der Waals surface area contributed by atoms with Crippen molar-refractivity contribution in [1.29, 1.82) is 5.26 Å². The Morgan fingerprint density at radius 1 is 1.38 bits per heavy atom. The lowest BCUT2D eigenvalue weighted by molar-refractivity contribution is 0.395. The number of aromatic hydroxyl groups is 1. The highest BCUT2D eigenvalue weighted by Gasteiger charge is 2.20. The number of methoxy groups -OCH3 is 1. The van der Waals surface area contributed by atoms with Crippen molar-refractivity contribution in [3.63, 3.8) is 0 Å². The van der Waals surface area contributed by atoms with Gasteiger partial charge in [-0.25, -0.2) is 0 Å². The van der Waals surface area contributed by atoms with Crippen LogP contribution in [0.5, 0.6) is 11.5 Å². The molecule has 1 aromatic rings. The number of nitriles is 1. The van der Waals surface area contributed by atoms with E-state index in [-0.39, 0.29) is 11.2 Å². The molecule has 0 aromatic heterocycles. The summed E-state index contributed by atoms with van der Waals surface area (Å²) in [5, 5.41) is 20.5. The number of ether oxygens (including phenoxy) is 1. The van der Waals surface area contributed by atoms with Crippen LogP contribution < -0.4 is 4.74 Å². The molecule has 0 aliphatic rings. The highest BCUT2D eigenvalue weighted by Crippen LogP contribution is 2.39. The average molecular weight is 237 g/mol. The molecule has 0 heterocycles. The third-order valence-electron chi connectivity index (χ3n) is 2.25. The summed E-state index contributed by atoms with van der Waals surface area (Å²) in [6.07, 6.45) is 0. The van der Waals surface area contributed by atoms with Crippen LogP contribution in [0.3, 0.4) is 0 Å². The van der Waals surface area contributed by atoms with Crippen molar-refractivity contribution in [2.24, 2.45) is 0 Å². The van der Waals surface area contributed by atoms with Crippen LogP contribution in [0.1, 0.15) is 26.3 Å². The van der Waals surface area contributed by atoms with E-state index in [0.717, 1.165) is 17.3 Å². The van der Waals surface area contributed by atoms with Gasteiger partial charge in [-0.2, -0.15) is 5.26 Å². The fourth-order valence-electron chi connectivity index (χ4n) is 1.44. The van der Waals surface area contributed by atoms with Crippen LogP contribution in [0, 0.1) is 10.7 Å². The Labute approximate surface area is 100 Å². The van der Waals surface area contributed by atoms with Crippen molar-refractivity contribution in [1.82, 2.24) is 0 Å². The minimum Gasteiger partial charge on any atom is -0.508 e. The minimum atomic E-state index is -0.160. The van der Waals surface area contributed by atoms with Gasteiger partial charge < -0.3 is 9.84 Å². The summed E-state index contributed by atoms with van der Waals surface area (Å²) in [5.74, 6) is 0.820. The molecule has 4 heteroatoms. The molecule has 0 amide bonds. The molecule has 0 bridgehead atoms. The maximum Gasteiger partial charge on any atom is 0.138 e. The van der Waals surface area contributed by atoms with Crippen molar-refractivity contribution < 1.29 is 9.84 Å². The lowest BCUT2D eigenvalue weighted by Gasteiger charge is -2.21. The molecule has 0 radical (unpaired) electrons. The van der Waals surface area contributed by atoms with Gasteiger partial charge in [-0.3, -0.25) is 0 Å². The Kier molecular flexibility index (Phi) is 3.71. The van der Waals surface area contributed by atoms with E-state index in [4.69, 9.17) is 10.00 Å². The molecule has 0 aliphatic carbocycles. The maximum absolute atomic E-state index is 9.90. The summed E-state index contributed by atoms with van der Waals surface area (Å²) >= 11 is 0.981. The molecule has 3 nitrogen and oxygen atoms in total. The molecule has 16 heavy (non-hydrogen) atoms. The van der Waals surface area contributed by atoms with E-state index in [1.807, 2.05) is 26.2 Å². The van der Waals surface area contributed by atoms with Crippen molar-refractivity contribution in [3.8, 4) is 16.9 Å². The van der Waals surface area contributed by atoms with Crippen LogP contribution in [-0.4, -0.2) is 12.2 Å². The van der Waals surface area contributed by atoms with Crippen molar-refractivity contribution in [2.75, 3.05) is 7.11 Å². The second-order valence-electron chi connectivity index (χ2n) is 4.46. The Bertz CT molecular complexity index is 430. The van der Waals surface area contributed by atoms with E-state index in [1.165, 1.54) is 0 Å². The van der Waals surface area contributed by atoms with Crippen LogP contribution in [0.25, 0.3) is 0 Å². The van der Waals surface area contributed by atoms with E-state index in [2.05, 4.69) is 0 Å². The number of thioether (sulfide) groups is 1. The summed E-state index contributed by atoms with van der Waals surface area (Å²) < 4.78 is 5.21. The quantitative estimate of drug-likeness (QED) is 0.633. The fraction of sp³-hybridized carbons (Fsp3) is 0.417. The normalized spacial score (nSPS) is 10.9. The molecule has 1 N–H and O–H groups in total. The minimum absolute atomic E-state index is 0.160. The molecule has 0 unspecified atom stereocenters. The fourth-order valence-corrected chi connectivity index (χ4v) is 1.95. The van der Waals surface area contributed by atoms with Gasteiger partial charge in [-0.1, -0.05) is 20.8 Å². The van der Waals surface area contributed by atoms with Crippen molar-refractivity contribution in [2.45, 2.75) is 31.1 Å². The number of hydrogen-bond donors (Lipinski definition) is 1. The summed E-state index contributed by atoms with van der Waals surface area (Å²) in [7, 11) is 1.56. The Balaban J connectivity index is 3.33. The molecule has 86 valence electrons. The molecule has 1 aromatic carbocycles. The van der Waals surface area contributed by atoms with Gasteiger partial charge in [0.2, 0.25) is 0 Å². The number of hydrogen-bond acceptors (Lipinski definition) is 4. The maximum atomic E-state index is 9.90. The standard InChI is InChI=1S/C12H15NO2S/c1-12(2,3)8-5-10(15-4)11(16-7-13)6-9(8)14/h5-6,14H,1-4H3. The highest BCUT2D eigenvalue weighted by molar-refractivity contribution is 8.03. The number of thiocyanates is 1. The van der Waals surface area contributed by atoms with Crippen LogP contribution >= 0.6 is 11.8 Å². The first-order valence-corrected chi connectivity index (χ1v) is 5.69. The van der Waals surface area contributed by atoms with Crippen LogP contribution in [0.4, 0.5) is 0 Å². The smallest absolute Gasteiger partial charge is 0.138 e. The summed E-state index contributed by atoms with van der Waals surface area (Å²) in [6.45, 7) is 6.04. The SMILES string of the molecule is COc1cc(C(C)(C)C)c(O)cc1SC#N. The molecule has 0 spiro atoms. The predicted octanol–water partition coefficient (Wildman–Crippen LogP) is 3.27. The molecular weight excluding hydrogens is 222 g/mol. The first kappa shape index (κ1) is 12.7. The highest BCUT2D eigenvalue weighted by atomic mass is 32.2. The third kappa shape index (κ3) is 2.61.